The Labute approximate surface area is 199 Å². The van der Waals surface area contributed by atoms with Gasteiger partial charge in [-0.3, -0.25) is 14.5 Å². The number of ether oxygens (including phenoxy) is 1. The summed E-state index contributed by atoms with van der Waals surface area (Å²) in [6, 6.07) is 0.697. The Morgan fingerprint density at radius 3 is 2.37 bits per heavy atom. The smallest absolute Gasteiger partial charge is 0.388 e. The molecule has 1 N–H and O–H groups in total. The minimum absolute atomic E-state index is 0.0552. The zero-order valence-corrected chi connectivity index (χ0v) is 18.7. The molecule has 2 amide bonds. The summed E-state index contributed by atoms with van der Waals surface area (Å²) in [5, 5.41) is 2.43. The Balaban J connectivity index is 2.07. The van der Waals surface area contributed by atoms with Crippen molar-refractivity contribution in [1.29, 1.82) is 0 Å². The molecule has 8 nitrogen and oxygen atoms in total. The van der Waals surface area contributed by atoms with Crippen molar-refractivity contribution in [1.82, 2.24) is 20.3 Å². The van der Waals surface area contributed by atoms with Crippen LogP contribution in [0.1, 0.15) is 31.7 Å². The highest BCUT2D eigenvalue weighted by Gasteiger charge is 2.49. The molecule has 15 heteroatoms. The van der Waals surface area contributed by atoms with Crippen LogP contribution in [0.3, 0.4) is 0 Å². The quantitative estimate of drug-likeness (QED) is 0.436. The number of alkyl halides is 7. The van der Waals surface area contributed by atoms with Crippen LogP contribution in [-0.4, -0.2) is 50.7 Å². The number of anilines is 1. The van der Waals surface area contributed by atoms with Gasteiger partial charge in [-0.15, -0.1) is 13.2 Å². The van der Waals surface area contributed by atoms with Crippen LogP contribution in [0.15, 0.2) is 37.1 Å². The number of carbonyl (C=O) groups excluding carboxylic acids is 2. The second-order valence-corrected chi connectivity index (χ2v) is 8.23. The molecule has 1 aliphatic carbocycles. The summed E-state index contributed by atoms with van der Waals surface area (Å²) in [5.74, 6) is -6.37. The number of hydrogen-bond acceptors (Lipinski definition) is 6. The van der Waals surface area contributed by atoms with Crippen LogP contribution in [0, 0.1) is 0 Å². The molecule has 0 saturated heterocycles. The summed E-state index contributed by atoms with van der Waals surface area (Å²) >= 11 is 5.38. The zero-order chi connectivity index (χ0) is 26.0. The molecule has 3 atom stereocenters. The van der Waals surface area contributed by atoms with Crippen LogP contribution < -0.4 is 15.0 Å². The van der Waals surface area contributed by atoms with E-state index in [1.54, 1.807) is 0 Å². The van der Waals surface area contributed by atoms with Gasteiger partial charge in [0.2, 0.25) is 11.8 Å². The van der Waals surface area contributed by atoms with Crippen molar-refractivity contribution in [2.75, 3.05) is 4.90 Å². The van der Waals surface area contributed by atoms with Crippen molar-refractivity contribution in [2.45, 2.75) is 55.7 Å². The van der Waals surface area contributed by atoms with Crippen LogP contribution in [-0.2, 0) is 15.1 Å². The van der Waals surface area contributed by atoms with E-state index in [0.717, 1.165) is 44.0 Å². The maximum Gasteiger partial charge on any atom is 0.574 e. The molecule has 1 fully saturated rings. The molecule has 0 radical (unpaired) electrons. The van der Waals surface area contributed by atoms with Crippen molar-refractivity contribution in [3.63, 3.8) is 0 Å². The van der Waals surface area contributed by atoms with E-state index in [0.29, 0.717) is 4.90 Å². The largest absolute Gasteiger partial charge is 0.574 e. The fourth-order valence-corrected chi connectivity index (χ4v) is 3.80. The van der Waals surface area contributed by atoms with Gasteiger partial charge in [-0.25, -0.2) is 28.1 Å². The summed E-state index contributed by atoms with van der Waals surface area (Å²) in [7, 11) is 0. The van der Waals surface area contributed by atoms with Crippen molar-refractivity contribution in [3.8, 4) is 5.88 Å². The van der Waals surface area contributed by atoms with Gasteiger partial charge in [0.1, 0.15) is 6.33 Å². The molecule has 0 aliphatic heterocycles. The van der Waals surface area contributed by atoms with Crippen LogP contribution >= 0.6 is 11.6 Å². The van der Waals surface area contributed by atoms with Gasteiger partial charge in [0, 0.05) is 42.9 Å². The lowest BCUT2D eigenvalue weighted by atomic mass is 9.89. The number of aromatic nitrogens is 3. The summed E-state index contributed by atoms with van der Waals surface area (Å²) in [6.07, 6.45) is -2.13. The van der Waals surface area contributed by atoms with E-state index >= 15 is 0 Å². The highest BCUT2D eigenvalue weighted by atomic mass is 35.5. The van der Waals surface area contributed by atoms with Gasteiger partial charge < -0.3 is 10.1 Å². The van der Waals surface area contributed by atoms with Crippen molar-refractivity contribution in [2.24, 2.45) is 0 Å². The van der Waals surface area contributed by atoms with E-state index in [9.17, 15) is 35.9 Å². The normalized spacial score (nSPS) is 19.9. The van der Waals surface area contributed by atoms with Gasteiger partial charge in [0.15, 0.2) is 5.54 Å². The third-order valence-electron chi connectivity index (χ3n) is 5.36. The first-order chi connectivity index (χ1) is 16.2. The van der Waals surface area contributed by atoms with E-state index in [1.807, 2.05) is 0 Å². The fraction of sp³-hybridized carbons (Fsp3) is 0.450. The highest BCUT2D eigenvalue weighted by molar-refractivity contribution is 6.32. The van der Waals surface area contributed by atoms with Gasteiger partial charge >= 0.3 is 6.36 Å². The third kappa shape index (κ3) is 6.10. The fourth-order valence-electron chi connectivity index (χ4n) is 3.70. The van der Waals surface area contributed by atoms with E-state index in [1.165, 1.54) is 0 Å². The summed E-state index contributed by atoms with van der Waals surface area (Å²) in [5.41, 5.74) is -5.27. The molecule has 35 heavy (non-hydrogen) atoms. The number of halogens is 7. The predicted octanol–water partition coefficient (Wildman–Crippen LogP) is 3.86. The second kappa shape index (κ2) is 9.84. The minimum Gasteiger partial charge on any atom is -0.388 e. The first kappa shape index (κ1) is 26.4. The second-order valence-electron chi connectivity index (χ2n) is 7.85. The van der Waals surface area contributed by atoms with Gasteiger partial charge in [0.25, 0.3) is 17.4 Å². The Morgan fingerprint density at radius 2 is 1.89 bits per heavy atom. The summed E-state index contributed by atoms with van der Waals surface area (Å²) < 4.78 is 82.6. The standard InChI is InChI=1S/C20H18ClF6N5O3/c1-18(11-7-28-10-29-8-11,17(34)31-12-4-5-19(23,24)6-12)32(16(33)15(21)22)13-2-3-14(30-9-13)35-20(25,26)27/h2-3,7-10,12,15H,4-6H2,1H3,(H,31,34)/t12-,15-,18-/m0/s1. The van der Waals surface area contributed by atoms with Crippen LogP contribution in [0.2, 0.25) is 0 Å². The first-order valence-electron chi connectivity index (χ1n) is 10.0. The lowest BCUT2D eigenvalue weighted by Crippen LogP contribution is -2.59. The molecular formula is C20H18ClF6N5O3. The van der Waals surface area contributed by atoms with Crippen molar-refractivity contribution < 1.29 is 40.7 Å². The van der Waals surface area contributed by atoms with Gasteiger partial charge in [-0.05, 0) is 19.4 Å². The molecule has 1 aliphatic rings. The maximum absolute atomic E-state index is 14.1. The van der Waals surface area contributed by atoms with Gasteiger partial charge in [0.05, 0.1) is 11.9 Å². The maximum atomic E-state index is 14.1. The van der Waals surface area contributed by atoms with Crippen molar-refractivity contribution >= 4 is 29.1 Å². The van der Waals surface area contributed by atoms with E-state index < -0.39 is 60.0 Å². The van der Waals surface area contributed by atoms with Gasteiger partial charge in [-0.2, -0.15) is 0 Å². The molecule has 0 unspecified atom stereocenters. The SMILES string of the molecule is C[C@@](C(=O)N[C@H]1CCC(F)(F)C1)(c1cncnc1)N(C(=O)[C@H](F)Cl)c1ccc(OC(F)(F)F)nc1. The molecule has 2 heterocycles. The van der Waals surface area contributed by atoms with E-state index in [2.05, 4.69) is 25.0 Å². The van der Waals surface area contributed by atoms with Crippen LogP contribution in [0.4, 0.5) is 32.0 Å². The van der Waals surface area contributed by atoms with Gasteiger partial charge in [-0.1, -0.05) is 11.6 Å². The van der Waals surface area contributed by atoms with Crippen molar-refractivity contribution in [3.05, 3.63) is 42.6 Å². The summed E-state index contributed by atoms with van der Waals surface area (Å²) in [4.78, 5) is 37.9. The molecule has 0 bridgehead atoms. The molecule has 190 valence electrons. The molecule has 2 aromatic rings. The van der Waals surface area contributed by atoms with Crippen LogP contribution in [0.5, 0.6) is 5.88 Å². The number of rotatable bonds is 7. The highest BCUT2D eigenvalue weighted by Crippen LogP contribution is 2.38. The number of amides is 2. The lowest BCUT2D eigenvalue weighted by molar-refractivity contribution is -0.276. The lowest BCUT2D eigenvalue weighted by Gasteiger charge is -2.40. The number of pyridine rings is 1. The number of hydrogen-bond donors (Lipinski definition) is 1. The molecule has 0 spiro atoms. The Hall–Kier alpha value is -3.16. The Kier molecular flexibility index (Phi) is 7.43. The zero-order valence-electron chi connectivity index (χ0n) is 17.9. The van der Waals surface area contributed by atoms with Crippen LogP contribution in [0.25, 0.3) is 0 Å². The number of carbonyl (C=O) groups is 2. The monoisotopic (exact) mass is 525 g/mol. The average molecular weight is 526 g/mol. The Morgan fingerprint density at radius 1 is 1.23 bits per heavy atom. The predicted molar refractivity (Wildman–Crippen MR) is 109 cm³/mol. The number of nitrogens with one attached hydrogen (secondary N) is 1. The number of nitrogens with zero attached hydrogens (tertiary/aromatic N) is 4. The molecule has 0 aromatic carbocycles. The topological polar surface area (TPSA) is 97.3 Å². The molecule has 1 saturated carbocycles. The molecule has 2 aromatic heterocycles. The Bertz CT molecular complexity index is 1060. The van der Waals surface area contributed by atoms with E-state index in [-0.39, 0.29) is 17.7 Å². The minimum atomic E-state index is -5.05. The van der Waals surface area contributed by atoms with E-state index in [4.69, 9.17) is 11.6 Å². The third-order valence-corrected chi connectivity index (χ3v) is 5.54. The molecule has 3 rings (SSSR count). The average Bonchev–Trinajstić information content (AvgIpc) is 3.12. The molecular weight excluding hydrogens is 508 g/mol. The summed E-state index contributed by atoms with van der Waals surface area (Å²) in [6.45, 7) is 1.16. The first-order valence-corrected chi connectivity index (χ1v) is 10.4.